The van der Waals surface area contributed by atoms with Crippen LogP contribution in [0.3, 0.4) is 0 Å². The Morgan fingerprint density at radius 1 is 1.39 bits per heavy atom. The summed E-state index contributed by atoms with van der Waals surface area (Å²) in [7, 11) is 0. The Balaban J connectivity index is 1.82. The van der Waals surface area contributed by atoms with Crippen LogP contribution in [0, 0.1) is 11.8 Å². The Morgan fingerprint density at radius 2 is 2.22 bits per heavy atom. The molecule has 2 unspecified atom stereocenters. The van der Waals surface area contributed by atoms with E-state index in [2.05, 4.69) is 59.4 Å². The second-order valence-corrected chi connectivity index (χ2v) is 6.74. The van der Waals surface area contributed by atoms with Crippen molar-refractivity contribution in [3.8, 4) is 0 Å². The molecule has 0 aromatic heterocycles. The number of hydrogen-bond acceptors (Lipinski definition) is 1. The molecule has 1 aromatic rings. The first kappa shape index (κ1) is 14.1. The van der Waals surface area contributed by atoms with Crippen LogP contribution in [0.5, 0.6) is 0 Å². The first-order valence-electron chi connectivity index (χ1n) is 7.14. The molecule has 0 saturated heterocycles. The predicted molar refractivity (Wildman–Crippen MR) is 81.7 cm³/mol. The minimum absolute atomic E-state index is 0.444. The largest absolute Gasteiger partial charge is 0.310 e. The quantitative estimate of drug-likeness (QED) is 0.832. The Morgan fingerprint density at radius 3 is 2.94 bits per heavy atom. The van der Waals surface area contributed by atoms with E-state index in [0.29, 0.717) is 6.04 Å². The Bertz CT molecular complexity index is 377. The van der Waals surface area contributed by atoms with Crippen LogP contribution < -0.4 is 5.32 Å². The van der Waals surface area contributed by atoms with Gasteiger partial charge in [-0.05, 0) is 55.8 Å². The van der Waals surface area contributed by atoms with Crippen molar-refractivity contribution < 1.29 is 0 Å². The van der Waals surface area contributed by atoms with Gasteiger partial charge in [-0.25, -0.2) is 0 Å². The summed E-state index contributed by atoms with van der Waals surface area (Å²) >= 11 is 3.54. The molecule has 1 fully saturated rings. The molecule has 1 nitrogen and oxygen atoms in total. The van der Waals surface area contributed by atoms with Crippen LogP contribution in [-0.4, -0.2) is 6.54 Å². The van der Waals surface area contributed by atoms with E-state index in [1.807, 2.05) is 0 Å². The second kappa shape index (κ2) is 6.72. The SMILES string of the molecule is CC1CCCC(CN[C@H](C)c2cccc(Br)c2)C1. The van der Waals surface area contributed by atoms with Gasteiger partial charge in [0.25, 0.3) is 0 Å². The van der Waals surface area contributed by atoms with Crippen molar-refractivity contribution in [2.45, 2.75) is 45.6 Å². The molecule has 1 saturated carbocycles. The van der Waals surface area contributed by atoms with Crippen molar-refractivity contribution in [2.75, 3.05) is 6.54 Å². The molecular formula is C16H24BrN. The lowest BCUT2D eigenvalue weighted by Crippen LogP contribution is -2.28. The first-order valence-corrected chi connectivity index (χ1v) is 7.93. The van der Waals surface area contributed by atoms with Gasteiger partial charge < -0.3 is 5.32 Å². The Hall–Kier alpha value is -0.340. The standard InChI is InChI=1S/C16H24BrN/c1-12-5-3-6-14(9-12)11-18-13(2)15-7-4-8-16(17)10-15/h4,7-8,10,12-14,18H,3,5-6,9,11H2,1-2H3/t12?,13-,14?/m1/s1. The number of halogens is 1. The van der Waals surface area contributed by atoms with E-state index >= 15 is 0 Å². The van der Waals surface area contributed by atoms with E-state index in [1.165, 1.54) is 35.7 Å². The summed E-state index contributed by atoms with van der Waals surface area (Å²) in [5, 5.41) is 3.70. The van der Waals surface area contributed by atoms with Gasteiger partial charge in [-0.15, -0.1) is 0 Å². The van der Waals surface area contributed by atoms with Crippen LogP contribution >= 0.6 is 15.9 Å². The zero-order valence-electron chi connectivity index (χ0n) is 11.5. The van der Waals surface area contributed by atoms with E-state index in [1.54, 1.807) is 0 Å². The molecule has 0 aliphatic heterocycles. The molecule has 0 radical (unpaired) electrons. The number of nitrogens with one attached hydrogen (secondary N) is 1. The number of hydrogen-bond donors (Lipinski definition) is 1. The van der Waals surface area contributed by atoms with Gasteiger partial charge in [0.2, 0.25) is 0 Å². The molecule has 100 valence electrons. The normalized spacial score (nSPS) is 25.9. The highest BCUT2D eigenvalue weighted by atomic mass is 79.9. The average Bonchev–Trinajstić information content (AvgIpc) is 2.36. The molecule has 0 amide bonds. The highest BCUT2D eigenvalue weighted by molar-refractivity contribution is 9.10. The first-order chi connectivity index (χ1) is 8.65. The lowest BCUT2D eigenvalue weighted by molar-refractivity contribution is 0.268. The highest BCUT2D eigenvalue weighted by Gasteiger charge is 2.19. The highest BCUT2D eigenvalue weighted by Crippen LogP contribution is 2.28. The van der Waals surface area contributed by atoms with Crippen molar-refractivity contribution in [3.63, 3.8) is 0 Å². The van der Waals surface area contributed by atoms with Crippen LogP contribution in [0.2, 0.25) is 0 Å². The summed E-state index contributed by atoms with van der Waals surface area (Å²) in [6.07, 6.45) is 5.65. The van der Waals surface area contributed by atoms with E-state index in [9.17, 15) is 0 Å². The maximum Gasteiger partial charge on any atom is 0.0292 e. The molecule has 0 heterocycles. The van der Waals surface area contributed by atoms with E-state index < -0.39 is 0 Å². The summed E-state index contributed by atoms with van der Waals surface area (Å²) in [6, 6.07) is 9.05. The average molecular weight is 310 g/mol. The summed E-state index contributed by atoms with van der Waals surface area (Å²) in [6.45, 7) is 5.82. The van der Waals surface area contributed by atoms with Crippen molar-refractivity contribution >= 4 is 15.9 Å². The maximum atomic E-state index is 3.70. The molecule has 2 rings (SSSR count). The van der Waals surface area contributed by atoms with E-state index in [0.717, 1.165) is 18.4 Å². The molecule has 1 N–H and O–H groups in total. The Kier molecular flexibility index (Phi) is 5.25. The fourth-order valence-corrected chi connectivity index (χ4v) is 3.40. The smallest absolute Gasteiger partial charge is 0.0292 e. The van der Waals surface area contributed by atoms with Crippen molar-refractivity contribution in [1.29, 1.82) is 0 Å². The molecule has 18 heavy (non-hydrogen) atoms. The second-order valence-electron chi connectivity index (χ2n) is 5.82. The Labute approximate surface area is 119 Å². The molecule has 0 spiro atoms. The summed E-state index contributed by atoms with van der Waals surface area (Å²) in [5.74, 6) is 1.80. The minimum atomic E-state index is 0.444. The van der Waals surface area contributed by atoms with Crippen LogP contribution in [0.4, 0.5) is 0 Å². The summed E-state index contributed by atoms with van der Waals surface area (Å²) in [4.78, 5) is 0. The molecule has 2 heteroatoms. The summed E-state index contributed by atoms with van der Waals surface area (Å²) in [5.41, 5.74) is 1.37. The molecule has 1 aliphatic rings. The monoisotopic (exact) mass is 309 g/mol. The van der Waals surface area contributed by atoms with Gasteiger partial charge in [0.1, 0.15) is 0 Å². The fraction of sp³-hybridized carbons (Fsp3) is 0.625. The predicted octanol–water partition coefficient (Wildman–Crippen LogP) is 4.93. The van der Waals surface area contributed by atoms with Gasteiger partial charge in [0.05, 0.1) is 0 Å². The lowest BCUT2D eigenvalue weighted by atomic mass is 9.82. The van der Waals surface area contributed by atoms with Crippen LogP contribution in [0.1, 0.15) is 51.1 Å². The van der Waals surface area contributed by atoms with Gasteiger partial charge in [-0.1, -0.05) is 47.8 Å². The minimum Gasteiger partial charge on any atom is -0.310 e. The van der Waals surface area contributed by atoms with Gasteiger partial charge in [0, 0.05) is 10.5 Å². The van der Waals surface area contributed by atoms with Crippen molar-refractivity contribution in [1.82, 2.24) is 5.32 Å². The van der Waals surface area contributed by atoms with E-state index in [4.69, 9.17) is 0 Å². The molecule has 3 atom stereocenters. The van der Waals surface area contributed by atoms with Crippen molar-refractivity contribution in [3.05, 3.63) is 34.3 Å². The maximum absolute atomic E-state index is 3.70. The zero-order valence-corrected chi connectivity index (χ0v) is 13.0. The van der Waals surface area contributed by atoms with Gasteiger partial charge in [-0.3, -0.25) is 0 Å². The van der Waals surface area contributed by atoms with Crippen molar-refractivity contribution in [2.24, 2.45) is 11.8 Å². The van der Waals surface area contributed by atoms with Gasteiger partial charge in [0.15, 0.2) is 0 Å². The molecule has 0 bridgehead atoms. The lowest BCUT2D eigenvalue weighted by Gasteiger charge is -2.28. The third kappa shape index (κ3) is 4.10. The van der Waals surface area contributed by atoms with Crippen LogP contribution in [0.15, 0.2) is 28.7 Å². The number of benzene rings is 1. The van der Waals surface area contributed by atoms with E-state index in [-0.39, 0.29) is 0 Å². The zero-order chi connectivity index (χ0) is 13.0. The number of rotatable bonds is 4. The van der Waals surface area contributed by atoms with Gasteiger partial charge in [-0.2, -0.15) is 0 Å². The van der Waals surface area contributed by atoms with Gasteiger partial charge >= 0.3 is 0 Å². The summed E-state index contributed by atoms with van der Waals surface area (Å²) < 4.78 is 1.17. The third-order valence-electron chi connectivity index (χ3n) is 4.11. The third-order valence-corrected chi connectivity index (χ3v) is 4.60. The van der Waals surface area contributed by atoms with Crippen LogP contribution in [0.25, 0.3) is 0 Å². The molecule has 1 aromatic carbocycles. The fourth-order valence-electron chi connectivity index (χ4n) is 2.98. The molecule has 1 aliphatic carbocycles. The van der Waals surface area contributed by atoms with Crippen LogP contribution in [-0.2, 0) is 0 Å². The molecular weight excluding hydrogens is 286 g/mol. The topological polar surface area (TPSA) is 12.0 Å².